The largest absolute Gasteiger partial charge is 0.478 e. The molecular weight excluding hydrogens is 244 g/mol. The van der Waals surface area contributed by atoms with Gasteiger partial charge in [-0.25, -0.2) is 13.6 Å². The summed E-state index contributed by atoms with van der Waals surface area (Å²) in [4.78, 5) is 21.2. The lowest BCUT2D eigenvalue weighted by atomic mass is 10.1. The zero-order chi connectivity index (χ0) is 13.5. The molecule has 0 spiro atoms. The van der Waals surface area contributed by atoms with E-state index in [0.717, 1.165) is 18.2 Å². The van der Waals surface area contributed by atoms with Crippen LogP contribution in [0.1, 0.15) is 5.56 Å². The number of carbonyl (C=O) groups excluding carboxylic acids is 1. The molecule has 1 amide bonds. The fourth-order valence-corrected chi connectivity index (χ4v) is 1.23. The van der Waals surface area contributed by atoms with Gasteiger partial charge in [0.2, 0.25) is 5.91 Å². The van der Waals surface area contributed by atoms with Gasteiger partial charge in [-0.2, -0.15) is 0 Å². The minimum atomic E-state index is -1.22. The van der Waals surface area contributed by atoms with E-state index in [2.05, 4.69) is 5.32 Å². The van der Waals surface area contributed by atoms with E-state index >= 15 is 0 Å². The van der Waals surface area contributed by atoms with Gasteiger partial charge in [0, 0.05) is 18.7 Å². The second-order valence-corrected chi connectivity index (χ2v) is 3.46. The van der Waals surface area contributed by atoms with Gasteiger partial charge in [-0.15, -0.1) is 0 Å². The van der Waals surface area contributed by atoms with Crippen molar-refractivity contribution in [3.05, 3.63) is 47.5 Å². The quantitative estimate of drug-likeness (QED) is 0.778. The lowest BCUT2D eigenvalue weighted by Crippen LogP contribution is -2.23. The number of rotatable bonds is 5. The smallest absolute Gasteiger partial charge is 0.328 e. The van der Waals surface area contributed by atoms with Gasteiger partial charge in [-0.3, -0.25) is 4.79 Å². The summed E-state index contributed by atoms with van der Waals surface area (Å²) in [5, 5.41) is 10.7. The van der Waals surface area contributed by atoms with Crippen LogP contribution in [0.2, 0.25) is 0 Å². The first-order valence-corrected chi connectivity index (χ1v) is 5.12. The van der Waals surface area contributed by atoms with Crippen molar-refractivity contribution in [2.75, 3.05) is 6.54 Å². The van der Waals surface area contributed by atoms with E-state index < -0.39 is 23.5 Å². The molecule has 0 aliphatic rings. The lowest BCUT2D eigenvalue weighted by molar-refractivity contribution is -0.131. The molecule has 4 nitrogen and oxygen atoms in total. The van der Waals surface area contributed by atoms with Crippen LogP contribution in [0.4, 0.5) is 8.78 Å². The Kier molecular flexibility index (Phi) is 4.98. The Balaban J connectivity index is 2.39. The highest BCUT2D eigenvalue weighted by Crippen LogP contribution is 2.08. The maximum absolute atomic E-state index is 12.8. The summed E-state index contributed by atoms with van der Waals surface area (Å²) in [6, 6.07) is 3.48. The van der Waals surface area contributed by atoms with E-state index in [1.54, 1.807) is 0 Å². The lowest BCUT2D eigenvalue weighted by Gasteiger charge is -2.03. The minimum Gasteiger partial charge on any atom is -0.478 e. The number of carbonyl (C=O) groups is 2. The second-order valence-electron chi connectivity index (χ2n) is 3.46. The molecule has 6 heteroatoms. The molecule has 0 saturated heterocycles. The second kappa shape index (κ2) is 6.48. The summed E-state index contributed by atoms with van der Waals surface area (Å²) < 4.78 is 25.5. The van der Waals surface area contributed by atoms with Crippen molar-refractivity contribution in [1.29, 1.82) is 0 Å². The number of nitrogens with one attached hydrogen (secondary N) is 1. The van der Waals surface area contributed by atoms with Crippen LogP contribution < -0.4 is 5.32 Å². The Bertz CT molecular complexity index is 486. The highest BCUT2D eigenvalue weighted by molar-refractivity contribution is 5.93. The number of carboxylic acids is 1. The summed E-state index contributed by atoms with van der Waals surface area (Å²) in [6.07, 6.45) is 1.92. The first-order valence-electron chi connectivity index (χ1n) is 5.12. The molecule has 0 unspecified atom stereocenters. The van der Waals surface area contributed by atoms with Gasteiger partial charge in [0.25, 0.3) is 0 Å². The predicted octanol–water partition coefficient (Wildman–Crippen LogP) is 1.26. The predicted molar refractivity (Wildman–Crippen MR) is 59.8 cm³/mol. The van der Waals surface area contributed by atoms with Gasteiger partial charge < -0.3 is 10.4 Å². The molecule has 1 aromatic rings. The van der Waals surface area contributed by atoms with E-state index in [1.165, 1.54) is 6.07 Å². The van der Waals surface area contributed by atoms with E-state index in [0.29, 0.717) is 18.1 Å². The SMILES string of the molecule is O=C(O)/C=C/C(=O)NCCc1ccc(F)c(F)c1. The summed E-state index contributed by atoms with van der Waals surface area (Å²) >= 11 is 0. The van der Waals surface area contributed by atoms with Crippen molar-refractivity contribution in [1.82, 2.24) is 5.32 Å². The third kappa shape index (κ3) is 4.73. The van der Waals surface area contributed by atoms with Crippen LogP contribution in [0.15, 0.2) is 30.4 Å². The van der Waals surface area contributed by atoms with Gasteiger partial charge in [0.1, 0.15) is 0 Å². The number of amides is 1. The summed E-state index contributed by atoms with van der Waals surface area (Å²) in [5.41, 5.74) is 0.538. The van der Waals surface area contributed by atoms with Crippen LogP contribution in [0.5, 0.6) is 0 Å². The Morgan fingerprint density at radius 2 is 1.94 bits per heavy atom. The average Bonchev–Trinajstić information content (AvgIpc) is 2.31. The molecule has 0 radical (unpaired) electrons. The van der Waals surface area contributed by atoms with Crippen molar-refractivity contribution < 1.29 is 23.5 Å². The molecule has 18 heavy (non-hydrogen) atoms. The van der Waals surface area contributed by atoms with Crippen LogP contribution in [-0.4, -0.2) is 23.5 Å². The van der Waals surface area contributed by atoms with Crippen LogP contribution in [0.25, 0.3) is 0 Å². The molecule has 0 aliphatic carbocycles. The maximum Gasteiger partial charge on any atom is 0.328 e. The van der Waals surface area contributed by atoms with Crippen LogP contribution in [-0.2, 0) is 16.0 Å². The van der Waals surface area contributed by atoms with E-state index in [-0.39, 0.29) is 6.54 Å². The Morgan fingerprint density at radius 3 is 2.56 bits per heavy atom. The molecule has 0 atom stereocenters. The summed E-state index contributed by atoms with van der Waals surface area (Å²) in [5.74, 6) is -3.64. The third-order valence-corrected chi connectivity index (χ3v) is 2.07. The van der Waals surface area contributed by atoms with Crippen molar-refractivity contribution in [3.63, 3.8) is 0 Å². The molecule has 96 valence electrons. The summed E-state index contributed by atoms with van der Waals surface area (Å²) in [7, 11) is 0. The van der Waals surface area contributed by atoms with E-state index in [9.17, 15) is 18.4 Å². The van der Waals surface area contributed by atoms with Gasteiger partial charge in [0.05, 0.1) is 0 Å². The fourth-order valence-electron chi connectivity index (χ4n) is 1.23. The van der Waals surface area contributed by atoms with Crippen LogP contribution >= 0.6 is 0 Å². The Labute approximate surface area is 102 Å². The van der Waals surface area contributed by atoms with Crippen molar-refractivity contribution >= 4 is 11.9 Å². The zero-order valence-electron chi connectivity index (χ0n) is 9.32. The molecule has 0 saturated carbocycles. The van der Waals surface area contributed by atoms with Gasteiger partial charge >= 0.3 is 5.97 Å². The number of benzene rings is 1. The molecule has 0 fully saturated rings. The normalized spacial score (nSPS) is 10.6. The molecule has 0 aromatic heterocycles. The maximum atomic E-state index is 12.8. The number of hydrogen-bond acceptors (Lipinski definition) is 2. The van der Waals surface area contributed by atoms with E-state index in [4.69, 9.17) is 5.11 Å². The molecule has 0 aliphatic heterocycles. The third-order valence-electron chi connectivity index (χ3n) is 2.07. The monoisotopic (exact) mass is 255 g/mol. The number of aliphatic carboxylic acids is 1. The zero-order valence-corrected chi connectivity index (χ0v) is 9.32. The van der Waals surface area contributed by atoms with Gasteiger partial charge in [-0.05, 0) is 24.1 Å². The molecule has 0 heterocycles. The van der Waals surface area contributed by atoms with Crippen molar-refractivity contribution in [2.24, 2.45) is 0 Å². The van der Waals surface area contributed by atoms with Gasteiger partial charge in [-0.1, -0.05) is 6.07 Å². The number of hydrogen-bond donors (Lipinski definition) is 2. The number of carboxylic acid groups (broad SMARTS) is 1. The fraction of sp³-hybridized carbons (Fsp3) is 0.167. The minimum absolute atomic E-state index is 0.202. The first-order chi connectivity index (χ1) is 8.49. The average molecular weight is 255 g/mol. The molecule has 0 bridgehead atoms. The molecular formula is C12H11F2NO3. The van der Waals surface area contributed by atoms with Crippen molar-refractivity contribution in [3.8, 4) is 0 Å². The highest BCUT2D eigenvalue weighted by atomic mass is 19.2. The number of halogens is 2. The Hall–Kier alpha value is -2.24. The summed E-state index contributed by atoms with van der Waals surface area (Å²) in [6.45, 7) is 0.202. The van der Waals surface area contributed by atoms with Gasteiger partial charge in [0.15, 0.2) is 11.6 Å². The van der Waals surface area contributed by atoms with E-state index in [1.807, 2.05) is 0 Å². The molecule has 1 rings (SSSR count). The standard InChI is InChI=1S/C12H11F2NO3/c13-9-2-1-8(7-10(9)14)5-6-15-11(16)3-4-12(17)18/h1-4,7H,5-6H2,(H,15,16)(H,17,18)/b4-3+. The molecule has 2 N–H and O–H groups in total. The topological polar surface area (TPSA) is 66.4 Å². The van der Waals surface area contributed by atoms with Crippen LogP contribution in [0.3, 0.4) is 0 Å². The molecule has 1 aromatic carbocycles. The highest BCUT2D eigenvalue weighted by Gasteiger charge is 2.03. The van der Waals surface area contributed by atoms with Crippen LogP contribution in [0, 0.1) is 11.6 Å². The van der Waals surface area contributed by atoms with Crippen molar-refractivity contribution in [2.45, 2.75) is 6.42 Å². The first kappa shape index (κ1) is 13.8. The Morgan fingerprint density at radius 1 is 1.22 bits per heavy atom.